The lowest BCUT2D eigenvalue weighted by Gasteiger charge is -2.23. The van der Waals surface area contributed by atoms with E-state index in [0.29, 0.717) is 11.8 Å². The summed E-state index contributed by atoms with van der Waals surface area (Å²) < 4.78 is 13.0. The summed E-state index contributed by atoms with van der Waals surface area (Å²) in [5.41, 5.74) is 0.591. The molecule has 0 saturated carbocycles. The molecule has 0 fully saturated rings. The number of nitrogens with one attached hydrogen (secondary N) is 4. The Morgan fingerprint density at radius 2 is 1.59 bits per heavy atom. The molecule has 0 unspecified atom stereocenters. The first-order chi connectivity index (χ1) is 15.0. The molecule has 1 aromatic carbocycles. The monoisotopic (exact) mass is 450 g/mol. The number of hydrogen-bond acceptors (Lipinski definition) is 6. The number of carbonyl (C=O) groups is 5. The van der Waals surface area contributed by atoms with Crippen LogP contribution in [0.5, 0.6) is 0 Å². The van der Waals surface area contributed by atoms with Gasteiger partial charge in [0.2, 0.25) is 17.7 Å². The Kier molecular flexibility index (Phi) is 10.7. The van der Waals surface area contributed by atoms with Crippen LogP contribution in [0.4, 0.5) is 4.39 Å². The van der Waals surface area contributed by atoms with Crippen molar-refractivity contribution in [2.45, 2.75) is 51.7 Å². The second-order valence-corrected chi connectivity index (χ2v) is 7.37. The number of Topliss-reactive ketones (excluding diaryl/α,β-unsaturated/α-hetero) is 1. The minimum Gasteiger partial charge on any atom is -0.481 e. The van der Waals surface area contributed by atoms with Gasteiger partial charge in [0.15, 0.2) is 5.78 Å². The fraction of sp³-hybridized carbons (Fsp3) is 0.429. The van der Waals surface area contributed by atoms with Crippen LogP contribution >= 0.6 is 0 Å². The van der Waals surface area contributed by atoms with Gasteiger partial charge in [-0.3, -0.25) is 24.0 Å². The number of ketones is 1. The Hall–Kier alpha value is -3.63. The van der Waals surface area contributed by atoms with Crippen molar-refractivity contribution >= 4 is 35.7 Å². The Bertz CT molecular complexity index is 856. The van der Waals surface area contributed by atoms with Crippen molar-refractivity contribution in [1.29, 1.82) is 5.41 Å². The second-order valence-electron chi connectivity index (χ2n) is 7.37. The zero-order valence-electron chi connectivity index (χ0n) is 17.8. The molecule has 0 aliphatic carbocycles. The number of hydrogen-bond donors (Lipinski definition) is 5. The van der Waals surface area contributed by atoms with Crippen LogP contribution in [-0.2, 0) is 30.5 Å². The predicted octanol–water partition coefficient (Wildman–Crippen LogP) is 0.541. The average Bonchev–Trinajstić information content (AvgIpc) is 2.74. The van der Waals surface area contributed by atoms with E-state index in [1.165, 1.54) is 24.3 Å². The molecule has 11 heteroatoms. The van der Waals surface area contributed by atoms with Crippen molar-refractivity contribution < 1.29 is 33.5 Å². The van der Waals surface area contributed by atoms with E-state index < -0.39 is 59.7 Å². The van der Waals surface area contributed by atoms with Gasteiger partial charge < -0.3 is 26.5 Å². The number of carbonyl (C=O) groups excluding carboxylic acids is 4. The number of halogens is 1. The smallest absolute Gasteiger partial charge is 0.305 e. The molecular formula is C21H27FN4O6. The number of aliphatic carboxylic acids is 1. The molecule has 2 atom stereocenters. The molecular weight excluding hydrogens is 423 g/mol. The van der Waals surface area contributed by atoms with Crippen molar-refractivity contribution in [1.82, 2.24) is 16.0 Å². The van der Waals surface area contributed by atoms with Gasteiger partial charge in [0.25, 0.3) is 0 Å². The van der Waals surface area contributed by atoms with Crippen LogP contribution in [0.15, 0.2) is 24.3 Å². The van der Waals surface area contributed by atoms with Crippen LogP contribution < -0.4 is 16.0 Å². The predicted molar refractivity (Wildman–Crippen MR) is 112 cm³/mol. The maximum atomic E-state index is 13.0. The topological polar surface area (TPSA) is 166 Å². The summed E-state index contributed by atoms with van der Waals surface area (Å²) in [6, 6.07) is 2.72. The van der Waals surface area contributed by atoms with Crippen molar-refractivity contribution in [2.24, 2.45) is 5.92 Å². The fourth-order valence-electron chi connectivity index (χ4n) is 2.54. The molecule has 5 N–H and O–H groups in total. The third-order valence-corrected chi connectivity index (χ3v) is 4.39. The van der Waals surface area contributed by atoms with Crippen LogP contribution in [-0.4, -0.2) is 52.9 Å². The van der Waals surface area contributed by atoms with E-state index in [4.69, 9.17) is 10.5 Å². The van der Waals surface area contributed by atoms with Gasteiger partial charge >= 0.3 is 5.97 Å². The first-order valence-corrected chi connectivity index (χ1v) is 9.91. The standard InChI is InChI=1S/C21H27FN4O6/c1-12(2)19(30)26-17(9-18(28)29)21(32)25-16(8-7-15(27)10-23)20(31)24-11-13-3-5-14(22)6-4-13/h3-6,10,12,16-17,23H,7-9,11H2,1-2H3,(H,24,31)(H,25,32)(H,26,30)(H,28,29)/t16-,17-/m0/s1. The molecule has 174 valence electrons. The first kappa shape index (κ1) is 26.4. The SMILES string of the molecule is CC(C)C(=O)N[C@@H](CC(=O)O)C(=O)N[C@@H](CCC(=O)C=N)C(=O)NCc1ccc(F)cc1. The van der Waals surface area contributed by atoms with Crippen molar-refractivity contribution in [2.75, 3.05) is 0 Å². The number of carboxylic acid groups (broad SMARTS) is 1. The van der Waals surface area contributed by atoms with E-state index >= 15 is 0 Å². The molecule has 0 bridgehead atoms. The third-order valence-electron chi connectivity index (χ3n) is 4.39. The van der Waals surface area contributed by atoms with Crippen LogP contribution in [0.25, 0.3) is 0 Å². The molecule has 0 radical (unpaired) electrons. The van der Waals surface area contributed by atoms with Gasteiger partial charge in [0, 0.05) is 18.9 Å². The van der Waals surface area contributed by atoms with Crippen LogP contribution in [0.3, 0.4) is 0 Å². The molecule has 1 aromatic rings. The number of carboxylic acids is 1. The minimum absolute atomic E-state index is 0.0205. The van der Waals surface area contributed by atoms with E-state index in [1.807, 2.05) is 0 Å². The zero-order valence-corrected chi connectivity index (χ0v) is 17.8. The van der Waals surface area contributed by atoms with Crippen LogP contribution in [0.2, 0.25) is 0 Å². The van der Waals surface area contributed by atoms with Gasteiger partial charge in [-0.15, -0.1) is 0 Å². The highest BCUT2D eigenvalue weighted by Crippen LogP contribution is 2.05. The second kappa shape index (κ2) is 12.9. The molecule has 0 saturated heterocycles. The lowest BCUT2D eigenvalue weighted by Crippen LogP contribution is -2.54. The van der Waals surface area contributed by atoms with E-state index in [9.17, 15) is 28.4 Å². The van der Waals surface area contributed by atoms with E-state index in [-0.39, 0.29) is 19.4 Å². The maximum absolute atomic E-state index is 13.0. The Labute approximate surface area is 184 Å². The summed E-state index contributed by atoms with van der Waals surface area (Å²) in [7, 11) is 0. The highest BCUT2D eigenvalue weighted by atomic mass is 19.1. The maximum Gasteiger partial charge on any atom is 0.305 e. The molecule has 0 aliphatic rings. The summed E-state index contributed by atoms with van der Waals surface area (Å²) in [4.78, 5) is 59.8. The van der Waals surface area contributed by atoms with Crippen LogP contribution in [0, 0.1) is 17.1 Å². The molecule has 10 nitrogen and oxygen atoms in total. The van der Waals surface area contributed by atoms with Gasteiger partial charge in [-0.25, -0.2) is 4.39 Å². The van der Waals surface area contributed by atoms with Gasteiger partial charge in [0.1, 0.15) is 17.9 Å². The van der Waals surface area contributed by atoms with Gasteiger partial charge in [-0.1, -0.05) is 26.0 Å². The van der Waals surface area contributed by atoms with E-state index in [0.717, 1.165) is 0 Å². The average molecular weight is 450 g/mol. The molecule has 1 rings (SSSR count). The molecule has 0 aromatic heterocycles. The normalized spacial score (nSPS) is 12.4. The summed E-state index contributed by atoms with van der Waals surface area (Å²) >= 11 is 0. The lowest BCUT2D eigenvalue weighted by atomic mass is 10.1. The molecule has 0 spiro atoms. The Balaban J connectivity index is 2.91. The van der Waals surface area contributed by atoms with Gasteiger partial charge in [0.05, 0.1) is 12.6 Å². The summed E-state index contributed by atoms with van der Waals surface area (Å²) in [6.45, 7) is 3.16. The van der Waals surface area contributed by atoms with Crippen molar-refractivity contribution in [3.05, 3.63) is 35.6 Å². The highest BCUT2D eigenvalue weighted by molar-refractivity contribution is 6.26. The highest BCUT2D eigenvalue weighted by Gasteiger charge is 2.29. The summed E-state index contributed by atoms with van der Waals surface area (Å²) in [5.74, 6) is -4.93. The molecule has 0 aliphatic heterocycles. The molecule has 0 heterocycles. The summed E-state index contributed by atoms with van der Waals surface area (Å²) in [6.07, 6.45) is -0.466. The quantitative estimate of drug-likeness (QED) is 0.275. The van der Waals surface area contributed by atoms with Crippen molar-refractivity contribution in [3.63, 3.8) is 0 Å². The molecule has 32 heavy (non-hydrogen) atoms. The Morgan fingerprint density at radius 1 is 1.00 bits per heavy atom. The largest absolute Gasteiger partial charge is 0.481 e. The fourth-order valence-corrected chi connectivity index (χ4v) is 2.54. The number of rotatable bonds is 13. The van der Waals surface area contributed by atoms with Crippen molar-refractivity contribution in [3.8, 4) is 0 Å². The lowest BCUT2D eigenvalue weighted by molar-refractivity contribution is -0.141. The minimum atomic E-state index is -1.42. The van der Waals surface area contributed by atoms with E-state index in [1.54, 1.807) is 13.8 Å². The molecule has 3 amide bonds. The van der Waals surface area contributed by atoms with E-state index in [2.05, 4.69) is 16.0 Å². The number of benzene rings is 1. The van der Waals surface area contributed by atoms with Crippen LogP contribution in [0.1, 0.15) is 38.7 Å². The van der Waals surface area contributed by atoms with Gasteiger partial charge in [-0.2, -0.15) is 0 Å². The number of amides is 3. The zero-order chi connectivity index (χ0) is 24.3. The van der Waals surface area contributed by atoms with Gasteiger partial charge in [-0.05, 0) is 24.1 Å². The third kappa shape index (κ3) is 9.45. The summed E-state index contributed by atoms with van der Waals surface area (Å²) in [5, 5.41) is 23.3. The Morgan fingerprint density at radius 3 is 2.12 bits per heavy atom. The first-order valence-electron chi connectivity index (χ1n) is 9.91.